The van der Waals surface area contributed by atoms with Gasteiger partial charge in [0.2, 0.25) is 0 Å². The van der Waals surface area contributed by atoms with Crippen LogP contribution in [0.1, 0.15) is 43.6 Å². The van der Waals surface area contributed by atoms with Crippen LogP contribution in [0.4, 0.5) is 4.79 Å². The summed E-state index contributed by atoms with van der Waals surface area (Å²) in [7, 11) is 0. The van der Waals surface area contributed by atoms with Gasteiger partial charge in [0.05, 0.1) is 5.56 Å². The molecule has 0 bridgehead atoms. The molecule has 0 aliphatic carbocycles. The summed E-state index contributed by atoms with van der Waals surface area (Å²) in [6.07, 6.45) is -0.346. The number of hydrogen-bond donors (Lipinski definition) is 1. The van der Waals surface area contributed by atoms with Crippen molar-refractivity contribution in [3.8, 4) is 0 Å². The molecule has 0 radical (unpaired) electrons. The normalized spacial score (nSPS) is 10.8. The fourth-order valence-corrected chi connectivity index (χ4v) is 1.86. The Morgan fingerprint density at radius 2 is 1.71 bits per heavy atom. The van der Waals surface area contributed by atoms with E-state index in [1.54, 1.807) is 17.0 Å². The Morgan fingerprint density at radius 3 is 2.14 bits per heavy atom. The molecule has 0 unspecified atom stereocenters. The summed E-state index contributed by atoms with van der Waals surface area (Å²) < 4.78 is 5.29. The lowest BCUT2D eigenvalue weighted by Gasteiger charge is -2.27. The minimum atomic E-state index is -0.971. The van der Waals surface area contributed by atoms with Gasteiger partial charge in [0, 0.05) is 12.6 Å². The number of aromatic carboxylic acids is 1. The molecule has 0 aliphatic heterocycles. The molecule has 0 saturated carbocycles. The van der Waals surface area contributed by atoms with Crippen LogP contribution in [-0.4, -0.2) is 34.7 Å². The van der Waals surface area contributed by atoms with E-state index in [0.29, 0.717) is 12.5 Å². The zero-order chi connectivity index (χ0) is 16.0. The van der Waals surface area contributed by atoms with Crippen molar-refractivity contribution < 1.29 is 19.4 Å². The number of rotatable bonds is 6. The molecule has 0 aliphatic rings. The van der Waals surface area contributed by atoms with E-state index in [1.807, 2.05) is 27.7 Å². The van der Waals surface area contributed by atoms with E-state index in [-0.39, 0.29) is 24.3 Å². The van der Waals surface area contributed by atoms with Crippen LogP contribution in [0, 0.1) is 5.92 Å². The van der Waals surface area contributed by atoms with Gasteiger partial charge in [-0.2, -0.15) is 0 Å². The van der Waals surface area contributed by atoms with E-state index in [2.05, 4.69) is 0 Å². The van der Waals surface area contributed by atoms with Crippen molar-refractivity contribution >= 4 is 12.1 Å². The number of benzene rings is 1. The first kappa shape index (κ1) is 17.0. The first-order chi connectivity index (χ1) is 9.81. The Morgan fingerprint density at radius 1 is 1.14 bits per heavy atom. The average molecular weight is 293 g/mol. The van der Waals surface area contributed by atoms with E-state index in [1.165, 1.54) is 12.1 Å². The first-order valence-corrected chi connectivity index (χ1v) is 7.07. The molecule has 5 nitrogen and oxygen atoms in total. The van der Waals surface area contributed by atoms with E-state index >= 15 is 0 Å². The molecule has 21 heavy (non-hydrogen) atoms. The number of carboxylic acids is 1. The molecule has 0 aromatic heterocycles. The number of hydrogen-bond acceptors (Lipinski definition) is 3. The van der Waals surface area contributed by atoms with Crippen LogP contribution < -0.4 is 0 Å². The number of carbonyl (C=O) groups excluding carboxylic acids is 1. The van der Waals surface area contributed by atoms with Gasteiger partial charge in [-0.25, -0.2) is 9.59 Å². The largest absolute Gasteiger partial charge is 0.478 e. The zero-order valence-electron chi connectivity index (χ0n) is 13.0. The fourth-order valence-electron chi connectivity index (χ4n) is 1.86. The maximum Gasteiger partial charge on any atom is 0.410 e. The van der Waals surface area contributed by atoms with Crippen molar-refractivity contribution in [1.29, 1.82) is 0 Å². The van der Waals surface area contributed by atoms with Gasteiger partial charge >= 0.3 is 12.1 Å². The second-order valence-corrected chi connectivity index (χ2v) is 5.70. The van der Waals surface area contributed by atoms with Crippen molar-refractivity contribution in [2.24, 2.45) is 5.92 Å². The van der Waals surface area contributed by atoms with Gasteiger partial charge in [-0.15, -0.1) is 0 Å². The molecule has 0 spiro atoms. The van der Waals surface area contributed by atoms with Crippen LogP contribution in [-0.2, 0) is 11.3 Å². The Bertz CT molecular complexity index is 480. The number of nitrogens with zero attached hydrogens (tertiary/aromatic N) is 1. The lowest BCUT2D eigenvalue weighted by atomic mass is 10.1. The summed E-state index contributed by atoms with van der Waals surface area (Å²) in [4.78, 5) is 24.5. The molecule has 0 fully saturated rings. The van der Waals surface area contributed by atoms with Crippen LogP contribution in [0.15, 0.2) is 24.3 Å². The average Bonchev–Trinajstić information content (AvgIpc) is 2.42. The molecule has 0 heterocycles. The third-order valence-electron chi connectivity index (χ3n) is 2.98. The van der Waals surface area contributed by atoms with Crippen LogP contribution in [0.3, 0.4) is 0 Å². The smallest absolute Gasteiger partial charge is 0.410 e. The monoisotopic (exact) mass is 293 g/mol. The van der Waals surface area contributed by atoms with Crippen LogP contribution in [0.5, 0.6) is 0 Å². The molecular weight excluding hydrogens is 270 g/mol. The highest BCUT2D eigenvalue weighted by Crippen LogP contribution is 2.10. The van der Waals surface area contributed by atoms with Gasteiger partial charge in [-0.1, -0.05) is 26.0 Å². The predicted octanol–water partition coefficient (Wildman–Crippen LogP) is 3.39. The molecule has 116 valence electrons. The lowest BCUT2D eigenvalue weighted by Crippen LogP contribution is -2.39. The third kappa shape index (κ3) is 5.45. The maximum atomic E-state index is 12.1. The van der Waals surface area contributed by atoms with E-state index in [9.17, 15) is 9.59 Å². The first-order valence-electron chi connectivity index (χ1n) is 7.07. The standard InChI is InChI=1S/C16H23NO4/c1-11(2)9-17(12(3)4)16(20)21-10-13-5-7-14(8-6-13)15(18)19/h5-8,11-12H,9-10H2,1-4H3,(H,18,19). The summed E-state index contributed by atoms with van der Waals surface area (Å²) in [5.74, 6) is -0.601. The maximum absolute atomic E-state index is 12.1. The molecule has 1 amide bonds. The van der Waals surface area contributed by atoms with Crippen molar-refractivity contribution in [2.75, 3.05) is 6.54 Å². The molecule has 1 N–H and O–H groups in total. The van der Waals surface area contributed by atoms with E-state index in [4.69, 9.17) is 9.84 Å². The molecule has 0 saturated heterocycles. The molecule has 1 rings (SSSR count). The lowest BCUT2D eigenvalue weighted by molar-refractivity contribution is 0.0695. The van der Waals surface area contributed by atoms with Gasteiger partial charge in [0.25, 0.3) is 0 Å². The zero-order valence-corrected chi connectivity index (χ0v) is 13.0. The summed E-state index contributed by atoms with van der Waals surface area (Å²) in [5.41, 5.74) is 0.982. The Hall–Kier alpha value is -2.04. The topological polar surface area (TPSA) is 66.8 Å². The minimum Gasteiger partial charge on any atom is -0.478 e. The minimum absolute atomic E-state index is 0.0780. The van der Waals surface area contributed by atoms with Gasteiger partial charge in [-0.3, -0.25) is 0 Å². The second kappa shape index (κ2) is 7.67. The van der Waals surface area contributed by atoms with E-state index in [0.717, 1.165) is 5.56 Å². The molecule has 5 heteroatoms. The van der Waals surface area contributed by atoms with Crippen molar-refractivity contribution in [2.45, 2.75) is 40.3 Å². The van der Waals surface area contributed by atoms with Gasteiger partial charge < -0.3 is 14.7 Å². The number of amides is 1. The Labute approximate surface area is 125 Å². The fraction of sp³-hybridized carbons (Fsp3) is 0.500. The van der Waals surface area contributed by atoms with E-state index < -0.39 is 5.97 Å². The van der Waals surface area contributed by atoms with Crippen LogP contribution >= 0.6 is 0 Å². The number of carboxylic acid groups (broad SMARTS) is 1. The van der Waals surface area contributed by atoms with Gasteiger partial charge in [0.1, 0.15) is 6.61 Å². The van der Waals surface area contributed by atoms with Crippen molar-refractivity contribution in [3.63, 3.8) is 0 Å². The van der Waals surface area contributed by atoms with Gasteiger partial charge in [0.15, 0.2) is 0 Å². The van der Waals surface area contributed by atoms with Crippen LogP contribution in [0.25, 0.3) is 0 Å². The molecule has 1 aromatic carbocycles. The quantitative estimate of drug-likeness (QED) is 0.873. The van der Waals surface area contributed by atoms with Crippen molar-refractivity contribution in [3.05, 3.63) is 35.4 Å². The van der Waals surface area contributed by atoms with Crippen LogP contribution in [0.2, 0.25) is 0 Å². The highest BCUT2D eigenvalue weighted by atomic mass is 16.6. The number of carbonyl (C=O) groups is 2. The summed E-state index contributed by atoms with van der Waals surface area (Å²) in [6.45, 7) is 8.78. The summed E-state index contributed by atoms with van der Waals surface area (Å²) >= 11 is 0. The molecular formula is C16H23NO4. The van der Waals surface area contributed by atoms with Crippen molar-refractivity contribution in [1.82, 2.24) is 4.90 Å². The predicted molar refractivity (Wildman–Crippen MR) is 80.3 cm³/mol. The highest BCUT2D eigenvalue weighted by Gasteiger charge is 2.19. The Kier molecular flexibility index (Phi) is 6.21. The molecule has 0 atom stereocenters. The highest BCUT2D eigenvalue weighted by molar-refractivity contribution is 5.87. The Balaban J connectivity index is 2.60. The summed E-state index contributed by atoms with van der Waals surface area (Å²) in [5, 5.41) is 8.82. The van der Waals surface area contributed by atoms with Gasteiger partial charge in [-0.05, 0) is 37.5 Å². The number of ether oxygens (including phenoxy) is 1. The SMILES string of the molecule is CC(C)CN(C(=O)OCc1ccc(C(=O)O)cc1)C(C)C. The second-order valence-electron chi connectivity index (χ2n) is 5.70. The molecule has 1 aromatic rings. The third-order valence-corrected chi connectivity index (χ3v) is 2.98. The summed E-state index contributed by atoms with van der Waals surface area (Å²) in [6, 6.07) is 6.38.